The molecule has 0 amide bonds. The quantitative estimate of drug-likeness (QED) is 0.638. The summed E-state index contributed by atoms with van der Waals surface area (Å²) in [4.78, 5) is 0. The van der Waals surface area contributed by atoms with Gasteiger partial charge in [0.25, 0.3) is 0 Å². The second-order valence-electron chi connectivity index (χ2n) is 3.98. The van der Waals surface area contributed by atoms with Crippen molar-refractivity contribution in [1.29, 1.82) is 0 Å². The monoisotopic (exact) mass is 222 g/mol. The summed E-state index contributed by atoms with van der Waals surface area (Å²) < 4.78 is 0. The molecule has 1 radical (unpaired) electrons. The van der Waals surface area contributed by atoms with Crippen molar-refractivity contribution >= 4 is 0 Å². The predicted molar refractivity (Wildman–Crippen MR) is 65.0 cm³/mol. The van der Waals surface area contributed by atoms with Gasteiger partial charge in [-0.3, -0.25) is 0 Å². The van der Waals surface area contributed by atoms with E-state index >= 15 is 0 Å². The highest BCUT2D eigenvalue weighted by Gasteiger charge is 2.06. The van der Waals surface area contributed by atoms with E-state index in [9.17, 15) is 5.11 Å². The summed E-state index contributed by atoms with van der Waals surface area (Å²) in [5, 5.41) is 21.5. The van der Waals surface area contributed by atoms with E-state index in [1.807, 2.05) is 43.7 Å². The molecule has 1 rings (SSSR count). The highest BCUT2D eigenvalue weighted by Crippen LogP contribution is 2.03. The topological polar surface area (TPSA) is 52.5 Å². The number of benzene rings is 1. The lowest BCUT2D eigenvalue weighted by atomic mass is 10.1. The van der Waals surface area contributed by atoms with Crippen LogP contribution in [-0.4, -0.2) is 35.5 Å². The van der Waals surface area contributed by atoms with Crippen LogP contribution < -0.4 is 5.32 Å². The molecule has 0 unspecified atom stereocenters. The van der Waals surface area contributed by atoms with Crippen molar-refractivity contribution in [2.45, 2.75) is 25.5 Å². The SMILES string of the molecule is C[C@H](CO)NC[C@H](O)[CH]Cc1ccccc1. The summed E-state index contributed by atoms with van der Waals surface area (Å²) in [5.74, 6) is 0. The Kier molecular flexibility index (Phi) is 6.08. The lowest BCUT2D eigenvalue weighted by Crippen LogP contribution is -2.36. The van der Waals surface area contributed by atoms with E-state index in [-0.39, 0.29) is 12.6 Å². The molecule has 0 saturated heterocycles. The minimum atomic E-state index is -0.478. The van der Waals surface area contributed by atoms with Crippen LogP contribution in [0.25, 0.3) is 0 Å². The molecule has 16 heavy (non-hydrogen) atoms. The Morgan fingerprint density at radius 1 is 1.31 bits per heavy atom. The molecule has 2 atom stereocenters. The maximum atomic E-state index is 9.66. The zero-order valence-corrected chi connectivity index (χ0v) is 9.63. The molecule has 0 fully saturated rings. The fourth-order valence-corrected chi connectivity index (χ4v) is 1.36. The van der Waals surface area contributed by atoms with Gasteiger partial charge in [0.2, 0.25) is 0 Å². The third-order valence-corrected chi connectivity index (χ3v) is 2.42. The summed E-state index contributed by atoms with van der Waals surface area (Å²) in [7, 11) is 0. The van der Waals surface area contributed by atoms with Crippen LogP contribution >= 0.6 is 0 Å². The molecule has 0 bridgehead atoms. The summed E-state index contributed by atoms with van der Waals surface area (Å²) in [6, 6.07) is 10.0. The van der Waals surface area contributed by atoms with Crippen LogP contribution in [0, 0.1) is 6.42 Å². The van der Waals surface area contributed by atoms with E-state index in [0.29, 0.717) is 6.54 Å². The second kappa shape index (κ2) is 7.39. The van der Waals surface area contributed by atoms with Crippen molar-refractivity contribution < 1.29 is 10.2 Å². The fraction of sp³-hybridized carbons (Fsp3) is 0.462. The molecule has 0 aromatic heterocycles. The Bertz CT molecular complexity index is 277. The first-order valence-corrected chi connectivity index (χ1v) is 5.62. The number of aliphatic hydroxyl groups excluding tert-OH is 2. The molecule has 0 aliphatic rings. The van der Waals surface area contributed by atoms with Crippen LogP contribution in [-0.2, 0) is 6.42 Å². The van der Waals surface area contributed by atoms with Crippen molar-refractivity contribution in [2.24, 2.45) is 0 Å². The van der Waals surface area contributed by atoms with Gasteiger partial charge in [-0.05, 0) is 25.3 Å². The highest BCUT2D eigenvalue weighted by molar-refractivity contribution is 5.16. The molecular formula is C13H20NO2. The standard InChI is InChI=1S/C13H20NO2/c1-11(10-15)14-9-13(16)8-7-12-5-3-2-4-6-12/h2-6,8,11,13-16H,7,9-10H2,1H3/t11-,13-/m1/s1. The molecule has 0 saturated carbocycles. The van der Waals surface area contributed by atoms with Gasteiger partial charge in [-0.1, -0.05) is 30.3 Å². The summed E-state index contributed by atoms with van der Waals surface area (Å²) in [5.41, 5.74) is 1.19. The molecule has 3 nitrogen and oxygen atoms in total. The van der Waals surface area contributed by atoms with Crippen LogP contribution in [0.3, 0.4) is 0 Å². The van der Waals surface area contributed by atoms with Crippen LogP contribution in [0.15, 0.2) is 30.3 Å². The van der Waals surface area contributed by atoms with Gasteiger partial charge in [0.15, 0.2) is 0 Å². The number of nitrogens with one attached hydrogen (secondary N) is 1. The number of hydrogen-bond acceptors (Lipinski definition) is 3. The Labute approximate surface area is 97.1 Å². The summed E-state index contributed by atoms with van der Waals surface area (Å²) in [6.45, 7) is 2.45. The zero-order valence-electron chi connectivity index (χ0n) is 9.63. The first kappa shape index (κ1) is 13.2. The van der Waals surface area contributed by atoms with Gasteiger partial charge in [-0.25, -0.2) is 0 Å². The Morgan fingerprint density at radius 3 is 2.62 bits per heavy atom. The largest absolute Gasteiger partial charge is 0.395 e. The van der Waals surface area contributed by atoms with E-state index in [1.165, 1.54) is 5.56 Å². The van der Waals surface area contributed by atoms with Crippen LogP contribution in [0.5, 0.6) is 0 Å². The molecule has 89 valence electrons. The molecule has 3 N–H and O–H groups in total. The second-order valence-corrected chi connectivity index (χ2v) is 3.98. The van der Waals surface area contributed by atoms with Crippen LogP contribution in [0.4, 0.5) is 0 Å². The molecular weight excluding hydrogens is 202 g/mol. The Hall–Kier alpha value is -0.900. The van der Waals surface area contributed by atoms with E-state index in [0.717, 1.165) is 6.42 Å². The van der Waals surface area contributed by atoms with E-state index in [4.69, 9.17) is 5.11 Å². The lowest BCUT2D eigenvalue weighted by Gasteiger charge is -2.15. The molecule has 1 aromatic rings. The smallest absolute Gasteiger partial charge is 0.0699 e. The first-order valence-electron chi connectivity index (χ1n) is 5.62. The number of rotatable bonds is 7. The Morgan fingerprint density at radius 2 is 2.00 bits per heavy atom. The Balaban J connectivity index is 2.18. The minimum Gasteiger partial charge on any atom is -0.395 e. The number of hydrogen-bond donors (Lipinski definition) is 3. The van der Waals surface area contributed by atoms with Crippen molar-refractivity contribution in [3.05, 3.63) is 42.3 Å². The van der Waals surface area contributed by atoms with Crippen molar-refractivity contribution in [2.75, 3.05) is 13.2 Å². The van der Waals surface area contributed by atoms with Gasteiger partial charge in [0, 0.05) is 12.6 Å². The van der Waals surface area contributed by atoms with Gasteiger partial charge in [0.1, 0.15) is 0 Å². The molecule has 0 heterocycles. The normalized spacial score (nSPS) is 14.7. The van der Waals surface area contributed by atoms with Crippen LogP contribution in [0.2, 0.25) is 0 Å². The molecule has 0 spiro atoms. The number of aliphatic hydroxyl groups is 2. The molecule has 0 aliphatic carbocycles. The average molecular weight is 222 g/mol. The first-order chi connectivity index (χ1) is 7.72. The molecule has 3 heteroatoms. The lowest BCUT2D eigenvalue weighted by molar-refractivity contribution is 0.183. The third-order valence-electron chi connectivity index (χ3n) is 2.42. The van der Waals surface area contributed by atoms with E-state index in [2.05, 4.69) is 5.32 Å². The highest BCUT2D eigenvalue weighted by atomic mass is 16.3. The van der Waals surface area contributed by atoms with Gasteiger partial charge < -0.3 is 15.5 Å². The summed E-state index contributed by atoms with van der Waals surface area (Å²) in [6.07, 6.45) is 2.15. The third kappa shape index (κ3) is 5.26. The maximum absolute atomic E-state index is 9.66. The van der Waals surface area contributed by atoms with Crippen molar-refractivity contribution in [3.8, 4) is 0 Å². The fourth-order valence-electron chi connectivity index (χ4n) is 1.36. The summed E-state index contributed by atoms with van der Waals surface area (Å²) >= 11 is 0. The van der Waals surface area contributed by atoms with Gasteiger partial charge in [-0.2, -0.15) is 0 Å². The molecule has 0 aliphatic heterocycles. The zero-order chi connectivity index (χ0) is 11.8. The molecule has 1 aromatic carbocycles. The van der Waals surface area contributed by atoms with E-state index < -0.39 is 6.10 Å². The minimum absolute atomic E-state index is 0.0276. The van der Waals surface area contributed by atoms with E-state index in [1.54, 1.807) is 0 Å². The van der Waals surface area contributed by atoms with Crippen LogP contribution in [0.1, 0.15) is 12.5 Å². The van der Waals surface area contributed by atoms with Gasteiger partial charge >= 0.3 is 0 Å². The van der Waals surface area contributed by atoms with Crippen molar-refractivity contribution in [1.82, 2.24) is 5.32 Å². The maximum Gasteiger partial charge on any atom is 0.0699 e. The van der Waals surface area contributed by atoms with Gasteiger partial charge in [0.05, 0.1) is 12.7 Å². The predicted octanol–water partition coefficient (Wildman–Crippen LogP) is 0.765. The van der Waals surface area contributed by atoms with Crippen molar-refractivity contribution in [3.63, 3.8) is 0 Å². The average Bonchev–Trinajstić information content (AvgIpc) is 2.34. The van der Waals surface area contributed by atoms with Gasteiger partial charge in [-0.15, -0.1) is 0 Å².